The molecule has 2 atom stereocenters. The summed E-state index contributed by atoms with van der Waals surface area (Å²) in [6, 6.07) is 0.513. The average Bonchev–Trinajstić information content (AvgIpc) is 2.76. The van der Waals surface area contributed by atoms with E-state index in [2.05, 4.69) is 29.4 Å². The number of likely N-dealkylation sites (tertiary alicyclic amines) is 1. The smallest absolute Gasteiger partial charge is 0.237 e. The number of carbonyl (C=O) groups is 1. The summed E-state index contributed by atoms with van der Waals surface area (Å²) in [5.41, 5.74) is 0. The zero-order valence-corrected chi connectivity index (χ0v) is 12.3. The highest BCUT2D eigenvalue weighted by Crippen LogP contribution is 2.19. The van der Waals surface area contributed by atoms with Crippen LogP contribution in [0.15, 0.2) is 0 Å². The van der Waals surface area contributed by atoms with Gasteiger partial charge in [-0.1, -0.05) is 13.8 Å². The van der Waals surface area contributed by atoms with Crippen molar-refractivity contribution in [2.45, 2.75) is 52.1 Å². The Balaban J connectivity index is 2.37. The molecule has 4 heteroatoms. The third-order valence-corrected chi connectivity index (χ3v) is 3.76. The largest absolute Gasteiger partial charge is 0.355 e. The van der Waals surface area contributed by atoms with Gasteiger partial charge in [-0.2, -0.15) is 0 Å². The predicted molar refractivity (Wildman–Crippen MR) is 75.6 cm³/mol. The maximum Gasteiger partial charge on any atom is 0.237 e. The molecule has 0 bridgehead atoms. The van der Waals surface area contributed by atoms with E-state index < -0.39 is 0 Å². The van der Waals surface area contributed by atoms with E-state index in [1.807, 2.05) is 14.0 Å². The number of nitrogens with zero attached hydrogens (tertiary/aromatic N) is 1. The Labute approximate surface area is 111 Å². The minimum Gasteiger partial charge on any atom is -0.355 e. The number of hydrogen-bond donors (Lipinski definition) is 2. The zero-order chi connectivity index (χ0) is 13.5. The van der Waals surface area contributed by atoms with Crippen molar-refractivity contribution in [2.24, 2.45) is 5.92 Å². The van der Waals surface area contributed by atoms with Gasteiger partial charge in [-0.15, -0.1) is 0 Å². The number of rotatable bonds is 7. The fraction of sp³-hybridized carbons (Fsp3) is 0.929. The Morgan fingerprint density at radius 1 is 1.39 bits per heavy atom. The monoisotopic (exact) mass is 255 g/mol. The highest BCUT2D eigenvalue weighted by molar-refractivity contribution is 5.81. The summed E-state index contributed by atoms with van der Waals surface area (Å²) in [6.07, 6.45) is 3.46. The second-order valence-electron chi connectivity index (χ2n) is 5.74. The zero-order valence-electron chi connectivity index (χ0n) is 12.3. The first-order chi connectivity index (χ1) is 8.56. The van der Waals surface area contributed by atoms with Gasteiger partial charge in [-0.25, -0.2) is 0 Å². The van der Waals surface area contributed by atoms with Crippen LogP contribution in [0.25, 0.3) is 0 Å². The third-order valence-electron chi connectivity index (χ3n) is 3.76. The first kappa shape index (κ1) is 15.4. The van der Waals surface area contributed by atoms with E-state index in [-0.39, 0.29) is 11.9 Å². The van der Waals surface area contributed by atoms with Crippen LogP contribution in [0.4, 0.5) is 0 Å². The Morgan fingerprint density at radius 3 is 2.72 bits per heavy atom. The second kappa shape index (κ2) is 7.74. The number of amides is 1. The van der Waals surface area contributed by atoms with Crippen molar-refractivity contribution in [3.05, 3.63) is 0 Å². The summed E-state index contributed by atoms with van der Waals surface area (Å²) in [4.78, 5) is 14.4. The van der Waals surface area contributed by atoms with Crippen molar-refractivity contribution in [3.8, 4) is 0 Å². The van der Waals surface area contributed by atoms with Gasteiger partial charge in [0.2, 0.25) is 5.91 Å². The van der Waals surface area contributed by atoms with E-state index in [9.17, 15) is 4.79 Å². The van der Waals surface area contributed by atoms with Crippen LogP contribution in [0.1, 0.15) is 40.0 Å². The maximum atomic E-state index is 12.1. The summed E-state index contributed by atoms with van der Waals surface area (Å²) in [5, 5.41) is 6.27. The van der Waals surface area contributed by atoms with Crippen LogP contribution in [-0.4, -0.2) is 49.6 Å². The van der Waals surface area contributed by atoms with Crippen molar-refractivity contribution in [2.75, 3.05) is 26.7 Å². The molecular formula is C14H29N3O. The van der Waals surface area contributed by atoms with Gasteiger partial charge >= 0.3 is 0 Å². The van der Waals surface area contributed by atoms with Crippen molar-refractivity contribution in [3.63, 3.8) is 0 Å². The van der Waals surface area contributed by atoms with Crippen LogP contribution in [-0.2, 0) is 4.79 Å². The molecule has 0 aromatic heterocycles. The summed E-state index contributed by atoms with van der Waals surface area (Å²) >= 11 is 0. The Bertz CT molecular complexity index is 255. The molecule has 0 radical (unpaired) electrons. The molecule has 1 rings (SSSR count). The lowest BCUT2D eigenvalue weighted by molar-refractivity contribution is -0.126. The van der Waals surface area contributed by atoms with Crippen LogP contribution in [0.3, 0.4) is 0 Å². The Hall–Kier alpha value is -0.610. The number of nitrogens with one attached hydrogen (secondary N) is 2. The quantitative estimate of drug-likeness (QED) is 0.719. The van der Waals surface area contributed by atoms with E-state index >= 15 is 0 Å². The van der Waals surface area contributed by atoms with Crippen molar-refractivity contribution in [1.82, 2.24) is 15.5 Å². The fourth-order valence-corrected chi connectivity index (χ4v) is 2.61. The molecule has 4 nitrogen and oxygen atoms in total. The third kappa shape index (κ3) is 4.58. The molecular weight excluding hydrogens is 226 g/mol. The van der Waals surface area contributed by atoms with E-state index in [1.54, 1.807) is 0 Å². The normalized spacial score (nSPS) is 22.4. The molecule has 1 amide bonds. The van der Waals surface area contributed by atoms with Gasteiger partial charge in [0.05, 0.1) is 6.04 Å². The molecule has 1 heterocycles. The van der Waals surface area contributed by atoms with Crippen LogP contribution >= 0.6 is 0 Å². The first-order valence-corrected chi connectivity index (χ1v) is 7.24. The molecule has 1 aliphatic heterocycles. The number of carbonyl (C=O) groups excluding carboxylic acids is 1. The van der Waals surface area contributed by atoms with Crippen molar-refractivity contribution >= 4 is 5.91 Å². The number of hydrogen-bond acceptors (Lipinski definition) is 3. The molecule has 0 aromatic carbocycles. The van der Waals surface area contributed by atoms with Crippen molar-refractivity contribution < 1.29 is 4.79 Å². The second-order valence-corrected chi connectivity index (χ2v) is 5.74. The molecule has 1 saturated heterocycles. The van der Waals surface area contributed by atoms with Gasteiger partial charge in [0.25, 0.3) is 0 Å². The molecule has 18 heavy (non-hydrogen) atoms. The van der Waals surface area contributed by atoms with Gasteiger partial charge in [-0.05, 0) is 45.7 Å². The lowest BCUT2D eigenvalue weighted by atomic mass is 10.1. The standard InChI is InChI=1S/C14H29N3O/c1-11(2)7-8-16-14(18)12(3)17-9-5-6-13(17)10-15-4/h11-13,15H,5-10H2,1-4H3,(H,16,18). The molecule has 0 saturated carbocycles. The molecule has 2 N–H and O–H groups in total. The summed E-state index contributed by atoms with van der Waals surface area (Å²) in [6.45, 7) is 9.21. The highest BCUT2D eigenvalue weighted by Gasteiger charge is 2.31. The topological polar surface area (TPSA) is 44.4 Å². The van der Waals surface area contributed by atoms with E-state index in [1.165, 1.54) is 12.8 Å². The van der Waals surface area contributed by atoms with Crippen LogP contribution in [0, 0.1) is 5.92 Å². The molecule has 106 valence electrons. The van der Waals surface area contributed by atoms with E-state index in [0.29, 0.717) is 12.0 Å². The minimum absolute atomic E-state index is 0.00184. The molecule has 0 aliphatic carbocycles. The van der Waals surface area contributed by atoms with Gasteiger partial charge in [0.1, 0.15) is 0 Å². The van der Waals surface area contributed by atoms with Gasteiger partial charge in [0, 0.05) is 19.1 Å². The SMILES string of the molecule is CNCC1CCCN1C(C)C(=O)NCCC(C)C. The average molecular weight is 255 g/mol. The Kier molecular flexibility index (Phi) is 6.65. The maximum absolute atomic E-state index is 12.1. The first-order valence-electron chi connectivity index (χ1n) is 7.24. The lowest BCUT2D eigenvalue weighted by Gasteiger charge is -2.29. The minimum atomic E-state index is -0.00184. The van der Waals surface area contributed by atoms with Crippen molar-refractivity contribution in [1.29, 1.82) is 0 Å². The van der Waals surface area contributed by atoms with Gasteiger partial charge < -0.3 is 10.6 Å². The van der Waals surface area contributed by atoms with Crippen LogP contribution < -0.4 is 10.6 Å². The summed E-state index contributed by atoms with van der Waals surface area (Å²) < 4.78 is 0. The lowest BCUT2D eigenvalue weighted by Crippen LogP contribution is -2.49. The highest BCUT2D eigenvalue weighted by atomic mass is 16.2. The molecule has 1 aliphatic rings. The Morgan fingerprint density at radius 2 is 2.11 bits per heavy atom. The van der Waals surface area contributed by atoms with Gasteiger partial charge in [-0.3, -0.25) is 9.69 Å². The summed E-state index contributed by atoms with van der Waals surface area (Å²) in [5.74, 6) is 0.822. The van der Waals surface area contributed by atoms with E-state index in [4.69, 9.17) is 0 Å². The van der Waals surface area contributed by atoms with Gasteiger partial charge in [0.15, 0.2) is 0 Å². The summed E-state index contributed by atoms with van der Waals surface area (Å²) in [7, 11) is 1.98. The van der Waals surface area contributed by atoms with E-state index in [0.717, 1.165) is 26.1 Å². The van der Waals surface area contributed by atoms with Crippen LogP contribution in [0.2, 0.25) is 0 Å². The fourth-order valence-electron chi connectivity index (χ4n) is 2.61. The molecule has 0 spiro atoms. The number of likely N-dealkylation sites (N-methyl/N-ethyl adjacent to an activating group) is 1. The molecule has 0 aromatic rings. The van der Waals surface area contributed by atoms with Crippen LogP contribution in [0.5, 0.6) is 0 Å². The molecule has 2 unspecified atom stereocenters. The predicted octanol–water partition coefficient (Wildman–Crippen LogP) is 1.22. The molecule has 1 fully saturated rings.